The fourth-order valence-electron chi connectivity index (χ4n) is 3.16. The Morgan fingerprint density at radius 3 is 2.46 bits per heavy atom. The van der Waals surface area contributed by atoms with Crippen molar-refractivity contribution in [3.8, 4) is 0 Å². The largest absolute Gasteiger partial charge is 0.283 e. The Balaban J connectivity index is 2.06. The first-order valence-corrected chi connectivity index (χ1v) is 10.8. The molecule has 8 heteroatoms. The van der Waals surface area contributed by atoms with E-state index in [1.807, 2.05) is 0 Å². The van der Waals surface area contributed by atoms with E-state index in [9.17, 15) is 17.6 Å². The van der Waals surface area contributed by atoms with Crippen molar-refractivity contribution in [2.75, 3.05) is 11.0 Å². The Morgan fingerprint density at radius 2 is 1.82 bits per heavy atom. The number of nitrogens with zero attached hydrogens (tertiary/aromatic N) is 2. The molecule has 3 rings (SSSR count). The highest BCUT2D eigenvalue weighted by Gasteiger charge is 2.36. The molecule has 2 aromatic carbocycles. The predicted octanol–water partition coefficient (Wildman–Crippen LogP) is 3.53. The van der Waals surface area contributed by atoms with Crippen LogP contribution >= 0.6 is 0 Å². The molecule has 0 unspecified atom stereocenters. The van der Waals surface area contributed by atoms with E-state index < -0.39 is 21.9 Å². The van der Waals surface area contributed by atoms with Crippen molar-refractivity contribution in [2.24, 2.45) is 11.0 Å². The number of anilines is 1. The molecule has 1 heterocycles. The lowest BCUT2D eigenvalue weighted by Crippen LogP contribution is -2.31. The van der Waals surface area contributed by atoms with E-state index >= 15 is 0 Å². The molecule has 28 heavy (non-hydrogen) atoms. The monoisotopic (exact) mass is 403 g/mol. The van der Waals surface area contributed by atoms with Crippen molar-refractivity contribution in [1.82, 2.24) is 5.01 Å². The van der Waals surface area contributed by atoms with Gasteiger partial charge in [0.25, 0.3) is 0 Å². The molecule has 0 saturated heterocycles. The number of hydrogen-bond donors (Lipinski definition) is 1. The number of halogens is 1. The van der Waals surface area contributed by atoms with Crippen molar-refractivity contribution in [3.05, 3.63) is 65.5 Å². The van der Waals surface area contributed by atoms with Gasteiger partial charge in [-0.2, -0.15) is 5.10 Å². The summed E-state index contributed by atoms with van der Waals surface area (Å²) in [6, 6.07) is 12.6. The predicted molar refractivity (Wildman–Crippen MR) is 107 cm³/mol. The first-order valence-electron chi connectivity index (χ1n) is 8.89. The molecule has 148 valence electrons. The summed E-state index contributed by atoms with van der Waals surface area (Å²) in [5.41, 5.74) is 1.77. The van der Waals surface area contributed by atoms with Gasteiger partial charge < -0.3 is 0 Å². The zero-order valence-electron chi connectivity index (χ0n) is 15.9. The number of amides is 1. The van der Waals surface area contributed by atoms with Gasteiger partial charge in [-0.1, -0.05) is 50.2 Å². The number of hydrogen-bond acceptors (Lipinski definition) is 4. The van der Waals surface area contributed by atoms with Crippen molar-refractivity contribution in [2.45, 2.75) is 26.3 Å². The van der Waals surface area contributed by atoms with Crippen LogP contribution in [0.2, 0.25) is 0 Å². The van der Waals surface area contributed by atoms with Gasteiger partial charge in [-0.05, 0) is 12.1 Å². The second kappa shape index (κ2) is 7.71. The number of carbonyl (C=O) groups is 1. The Morgan fingerprint density at radius 1 is 1.18 bits per heavy atom. The highest BCUT2D eigenvalue weighted by Crippen LogP contribution is 2.37. The zero-order valence-corrected chi connectivity index (χ0v) is 16.7. The number of nitrogens with one attached hydrogen (secondary N) is 1. The average Bonchev–Trinajstić information content (AvgIpc) is 3.05. The molecule has 1 N–H and O–H groups in total. The van der Waals surface area contributed by atoms with Crippen LogP contribution in [-0.4, -0.2) is 31.3 Å². The van der Waals surface area contributed by atoms with Crippen LogP contribution < -0.4 is 4.72 Å². The fourth-order valence-corrected chi connectivity index (χ4v) is 3.74. The molecule has 0 aromatic heterocycles. The molecule has 0 fully saturated rings. The SMILES string of the molecule is CC(C)C(=O)N1N=C(c2ccccc2F)C[C@@H]1c1ccccc1NS(C)(=O)=O. The second-order valence-corrected chi connectivity index (χ2v) is 8.79. The molecule has 0 bridgehead atoms. The minimum Gasteiger partial charge on any atom is -0.283 e. The van der Waals surface area contributed by atoms with Crippen molar-refractivity contribution in [1.29, 1.82) is 0 Å². The second-order valence-electron chi connectivity index (χ2n) is 7.05. The van der Waals surface area contributed by atoms with Crippen LogP contribution in [0, 0.1) is 11.7 Å². The van der Waals surface area contributed by atoms with Gasteiger partial charge in [0, 0.05) is 23.5 Å². The number of benzene rings is 2. The van der Waals surface area contributed by atoms with Crippen LogP contribution in [0.4, 0.5) is 10.1 Å². The molecule has 1 aliphatic heterocycles. The first-order chi connectivity index (χ1) is 13.2. The van der Waals surface area contributed by atoms with Gasteiger partial charge in [0.15, 0.2) is 0 Å². The van der Waals surface area contributed by atoms with Gasteiger partial charge in [-0.3, -0.25) is 9.52 Å². The topological polar surface area (TPSA) is 78.8 Å². The Hall–Kier alpha value is -2.74. The molecule has 0 saturated carbocycles. The summed E-state index contributed by atoms with van der Waals surface area (Å²) in [6.07, 6.45) is 1.35. The van der Waals surface area contributed by atoms with Gasteiger partial charge in [-0.15, -0.1) is 0 Å². The number of hydrazone groups is 1. The van der Waals surface area contributed by atoms with E-state index in [0.717, 1.165) is 6.26 Å². The van der Waals surface area contributed by atoms with Gasteiger partial charge in [-0.25, -0.2) is 17.8 Å². The van der Waals surface area contributed by atoms with Gasteiger partial charge >= 0.3 is 0 Å². The summed E-state index contributed by atoms with van der Waals surface area (Å²) >= 11 is 0. The van der Waals surface area contributed by atoms with Crippen LogP contribution in [-0.2, 0) is 14.8 Å². The maximum absolute atomic E-state index is 14.3. The Kier molecular flexibility index (Phi) is 5.51. The molecule has 1 aliphatic rings. The summed E-state index contributed by atoms with van der Waals surface area (Å²) in [6.45, 7) is 3.52. The quantitative estimate of drug-likeness (QED) is 0.829. The van der Waals surface area contributed by atoms with Crippen molar-refractivity contribution < 1.29 is 17.6 Å². The lowest BCUT2D eigenvalue weighted by atomic mass is 9.96. The maximum atomic E-state index is 14.3. The molecule has 0 aliphatic carbocycles. The smallest absolute Gasteiger partial charge is 0.245 e. The van der Waals surface area contributed by atoms with Gasteiger partial charge in [0.2, 0.25) is 15.9 Å². The minimum atomic E-state index is -3.51. The number of rotatable bonds is 5. The van der Waals surface area contributed by atoms with E-state index in [2.05, 4.69) is 9.82 Å². The van der Waals surface area contributed by atoms with E-state index in [1.165, 1.54) is 11.1 Å². The van der Waals surface area contributed by atoms with Crippen LogP contribution in [0.25, 0.3) is 0 Å². The molecular formula is C20H22FN3O3S. The third-order valence-electron chi connectivity index (χ3n) is 4.43. The molecule has 2 aromatic rings. The molecule has 0 radical (unpaired) electrons. The first kappa shape index (κ1) is 20.0. The standard InChI is InChI=1S/C20H22FN3O3S/c1-13(2)20(25)24-19(12-18(22-24)14-8-4-6-10-16(14)21)15-9-5-7-11-17(15)23-28(3,26)27/h4-11,13,19,23H,12H2,1-3H3/t19-/m1/s1. The van der Waals surface area contributed by atoms with E-state index in [1.54, 1.807) is 56.3 Å². The van der Waals surface area contributed by atoms with Crippen LogP contribution in [0.3, 0.4) is 0 Å². The Labute approximate surface area is 164 Å². The number of carbonyl (C=O) groups excluding carboxylic acids is 1. The summed E-state index contributed by atoms with van der Waals surface area (Å²) in [7, 11) is -3.51. The normalized spacial score (nSPS) is 17.0. The molecule has 6 nitrogen and oxygen atoms in total. The van der Waals surface area contributed by atoms with Crippen molar-refractivity contribution >= 4 is 27.3 Å². The molecule has 1 atom stereocenters. The lowest BCUT2D eigenvalue weighted by Gasteiger charge is -2.25. The lowest BCUT2D eigenvalue weighted by molar-refractivity contribution is -0.136. The van der Waals surface area contributed by atoms with Crippen LogP contribution in [0.15, 0.2) is 53.6 Å². The average molecular weight is 403 g/mol. The van der Waals surface area contributed by atoms with Gasteiger partial charge in [0.1, 0.15) is 5.82 Å². The third kappa shape index (κ3) is 4.22. The van der Waals surface area contributed by atoms with Crippen LogP contribution in [0.5, 0.6) is 0 Å². The Bertz CT molecular complexity index is 1030. The van der Waals surface area contributed by atoms with Gasteiger partial charge in [0.05, 0.1) is 23.7 Å². The summed E-state index contributed by atoms with van der Waals surface area (Å²) in [5, 5.41) is 5.76. The van der Waals surface area contributed by atoms with E-state index in [-0.39, 0.29) is 18.2 Å². The van der Waals surface area contributed by atoms with E-state index in [4.69, 9.17) is 0 Å². The maximum Gasteiger partial charge on any atom is 0.245 e. The van der Waals surface area contributed by atoms with Crippen molar-refractivity contribution in [3.63, 3.8) is 0 Å². The van der Waals surface area contributed by atoms with E-state index in [0.29, 0.717) is 22.5 Å². The van der Waals surface area contributed by atoms with Crippen LogP contribution in [0.1, 0.15) is 37.4 Å². The molecular weight excluding hydrogens is 381 g/mol. The molecule has 0 spiro atoms. The zero-order chi connectivity index (χ0) is 20.5. The summed E-state index contributed by atoms with van der Waals surface area (Å²) < 4.78 is 40.3. The molecule has 1 amide bonds. The number of para-hydroxylation sites is 1. The minimum absolute atomic E-state index is 0.217. The fraction of sp³-hybridized carbons (Fsp3) is 0.300. The summed E-state index contributed by atoms with van der Waals surface area (Å²) in [5.74, 6) is -0.951. The highest BCUT2D eigenvalue weighted by molar-refractivity contribution is 7.92. The number of sulfonamides is 1. The summed E-state index contributed by atoms with van der Waals surface area (Å²) in [4.78, 5) is 12.8. The third-order valence-corrected chi connectivity index (χ3v) is 5.02. The highest BCUT2D eigenvalue weighted by atomic mass is 32.2.